The smallest absolute Gasteiger partial charge is 0.239 e. The van der Waals surface area contributed by atoms with Crippen molar-refractivity contribution in [1.82, 2.24) is 16.0 Å². The molecule has 1 aromatic rings. The van der Waals surface area contributed by atoms with Crippen LogP contribution in [0.4, 0.5) is 10.1 Å². The van der Waals surface area contributed by atoms with Crippen LogP contribution in [0.25, 0.3) is 0 Å². The summed E-state index contributed by atoms with van der Waals surface area (Å²) in [6, 6.07) is 5.22. The van der Waals surface area contributed by atoms with Crippen LogP contribution in [0.2, 0.25) is 0 Å². The third-order valence-electron chi connectivity index (χ3n) is 3.73. The Morgan fingerprint density at radius 1 is 1.19 bits per heavy atom. The predicted octanol–water partition coefficient (Wildman–Crippen LogP) is 2.25. The molecule has 0 radical (unpaired) electrons. The maximum atomic E-state index is 14.3. The molecule has 1 amide bonds. The fourth-order valence-electron chi connectivity index (χ4n) is 2.51. The molecule has 6 nitrogen and oxygen atoms in total. The minimum Gasteiger partial charge on any atom is -0.370 e. The molecule has 7 heteroatoms. The van der Waals surface area contributed by atoms with E-state index in [2.05, 4.69) is 20.9 Å². The highest BCUT2D eigenvalue weighted by atomic mass is 19.1. The molecule has 0 unspecified atom stereocenters. The van der Waals surface area contributed by atoms with E-state index in [9.17, 15) is 9.18 Å². The maximum Gasteiger partial charge on any atom is 0.239 e. The number of amides is 1. The Kier molecular flexibility index (Phi) is 8.35. The van der Waals surface area contributed by atoms with Gasteiger partial charge in [0, 0.05) is 32.2 Å². The number of aliphatic imine (C=N–C) groups is 1. The zero-order chi connectivity index (χ0) is 19.7. The largest absolute Gasteiger partial charge is 0.370 e. The molecule has 26 heavy (non-hydrogen) atoms. The summed E-state index contributed by atoms with van der Waals surface area (Å²) < 4.78 is 14.3. The predicted molar refractivity (Wildman–Crippen MR) is 106 cm³/mol. The van der Waals surface area contributed by atoms with Crippen LogP contribution in [-0.4, -0.2) is 44.1 Å². The fraction of sp³-hybridized carbons (Fsp3) is 0.579. The van der Waals surface area contributed by atoms with Gasteiger partial charge in [0.15, 0.2) is 5.96 Å². The molecule has 0 atom stereocenters. The summed E-state index contributed by atoms with van der Waals surface area (Å²) >= 11 is 0. The van der Waals surface area contributed by atoms with E-state index in [-0.39, 0.29) is 23.8 Å². The van der Waals surface area contributed by atoms with Crippen molar-refractivity contribution in [2.45, 2.75) is 46.7 Å². The van der Waals surface area contributed by atoms with Crippen LogP contribution in [-0.2, 0) is 11.3 Å². The SMILES string of the molecule is CCN(CC)c1ccc(CNC(=NC)NCC(=O)NC(C)(C)C)cc1F. The van der Waals surface area contributed by atoms with Crippen molar-refractivity contribution in [3.8, 4) is 0 Å². The van der Waals surface area contributed by atoms with Crippen LogP contribution >= 0.6 is 0 Å². The number of rotatable bonds is 7. The Morgan fingerprint density at radius 3 is 2.35 bits per heavy atom. The lowest BCUT2D eigenvalue weighted by molar-refractivity contribution is -0.121. The van der Waals surface area contributed by atoms with Gasteiger partial charge >= 0.3 is 0 Å². The second kappa shape index (κ2) is 9.99. The van der Waals surface area contributed by atoms with Crippen molar-refractivity contribution < 1.29 is 9.18 Å². The first-order chi connectivity index (χ1) is 12.2. The summed E-state index contributed by atoms with van der Waals surface area (Å²) in [4.78, 5) is 17.9. The van der Waals surface area contributed by atoms with Gasteiger partial charge in [-0.3, -0.25) is 9.79 Å². The molecule has 0 saturated carbocycles. The van der Waals surface area contributed by atoms with Crippen molar-refractivity contribution in [1.29, 1.82) is 0 Å². The van der Waals surface area contributed by atoms with Gasteiger partial charge in [-0.25, -0.2) is 4.39 Å². The molecule has 3 N–H and O–H groups in total. The van der Waals surface area contributed by atoms with Crippen LogP contribution in [0.3, 0.4) is 0 Å². The van der Waals surface area contributed by atoms with Crippen LogP contribution in [0.15, 0.2) is 23.2 Å². The summed E-state index contributed by atoms with van der Waals surface area (Å²) in [5.74, 6) is 0.137. The Balaban J connectivity index is 2.58. The summed E-state index contributed by atoms with van der Waals surface area (Å²) in [5.41, 5.74) is 1.14. The van der Waals surface area contributed by atoms with Crippen molar-refractivity contribution >= 4 is 17.6 Å². The van der Waals surface area contributed by atoms with E-state index in [0.29, 0.717) is 18.2 Å². The number of anilines is 1. The van der Waals surface area contributed by atoms with E-state index in [0.717, 1.165) is 18.7 Å². The highest BCUT2D eigenvalue weighted by molar-refractivity contribution is 5.86. The van der Waals surface area contributed by atoms with Crippen molar-refractivity contribution in [2.24, 2.45) is 4.99 Å². The Labute approximate surface area is 156 Å². The van der Waals surface area contributed by atoms with Gasteiger partial charge in [-0.1, -0.05) is 6.07 Å². The fourth-order valence-corrected chi connectivity index (χ4v) is 2.51. The third-order valence-corrected chi connectivity index (χ3v) is 3.73. The molecule has 0 aliphatic rings. The highest BCUT2D eigenvalue weighted by Crippen LogP contribution is 2.20. The summed E-state index contributed by atoms with van der Waals surface area (Å²) in [6.45, 7) is 11.8. The van der Waals surface area contributed by atoms with Crippen molar-refractivity contribution in [2.75, 3.05) is 31.6 Å². The number of hydrogen-bond acceptors (Lipinski definition) is 3. The number of carbonyl (C=O) groups excluding carboxylic acids is 1. The minimum absolute atomic E-state index is 0.116. The quantitative estimate of drug-likeness (QED) is 0.512. The molecule has 0 bridgehead atoms. The van der Waals surface area contributed by atoms with E-state index in [1.54, 1.807) is 13.1 Å². The molecule has 146 valence electrons. The lowest BCUT2D eigenvalue weighted by atomic mass is 10.1. The Hall–Kier alpha value is -2.31. The first-order valence-electron chi connectivity index (χ1n) is 8.99. The summed E-state index contributed by atoms with van der Waals surface area (Å²) in [6.07, 6.45) is 0. The first-order valence-corrected chi connectivity index (χ1v) is 8.99. The number of halogens is 1. The molecule has 0 saturated heterocycles. The number of nitrogens with zero attached hydrogens (tertiary/aromatic N) is 2. The molecule has 1 aromatic carbocycles. The Bertz CT molecular complexity index is 621. The topological polar surface area (TPSA) is 68.8 Å². The molecule has 0 spiro atoms. The minimum atomic E-state index is -0.278. The normalized spacial score (nSPS) is 11.9. The average molecular weight is 365 g/mol. The zero-order valence-corrected chi connectivity index (χ0v) is 16.7. The number of guanidine groups is 1. The third kappa shape index (κ3) is 7.29. The molecule has 0 aliphatic heterocycles. The van der Waals surface area contributed by atoms with Gasteiger partial charge in [-0.2, -0.15) is 0 Å². The van der Waals surface area contributed by atoms with E-state index in [1.165, 1.54) is 6.07 Å². The van der Waals surface area contributed by atoms with Gasteiger partial charge in [0.2, 0.25) is 5.91 Å². The molecule has 0 heterocycles. The summed E-state index contributed by atoms with van der Waals surface area (Å²) in [7, 11) is 1.63. The van der Waals surface area contributed by atoms with Crippen LogP contribution in [0.5, 0.6) is 0 Å². The van der Waals surface area contributed by atoms with Gasteiger partial charge in [0.1, 0.15) is 5.82 Å². The summed E-state index contributed by atoms with van der Waals surface area (Å²) in [5, 5.41) is 8.90. The van der Waals surface area contributed by atoms with Crippen LogP contribution < -0.4 is 20.9 Å². The van der Waals surface area contributed by atoms with Crippen molar-refractivity contribution in [3.63, 3.8) is 0 Å². The molecule has 0 aromatic heterocycles. The van der Waals surface area contributed by atoms with Gasteiger partial charge in [0.25, 0.3) is 0 Å². The van der Waals surface area contributed by atoms with Crippen LogP contribution in [0, 0.1) is 5.82 Å². The average Bonchev–Trinajstić information content (AvgIpc) is 2.56. The molecule has 0 fully saturated rings. The Morgan fingerprint density at radius 2 is 1.85 bits per heavy atom. The monoisotopic (exact) mass is 365 g/mol. The molecular weight excluding hydrogens is 333 g/mol. The maximum absolute atomic E-state index is 14.3. The number of carbonyl (C=O) groups is 1. The second-order valence-corrected chi connectivity index (χ2v) is 7.04. The lowest BCUT2D eigenvalue weighted by Gasteiger charge is -2.22. The van der Waals surface area contributed by atoms with Gasteiger partial charge in [-0.15, -0.1) is 0 Å². The van der Waals surface area contributed by atoms with E-state index < -0.39 is 0 Å². The lowest BCUT2D eigenvalue weighted by Crippen LogP contribution is -2.48. The molecule has 0 aliphatic carbocycles. The second-order valence-electron chi connectivity index (χ2n) is 7.04. The van der Waals surface area contributed by atoms with Gasteiger partial charge in [-0.05, 0) is 52.3 Å². The standard InChI is InChI=1S/C19H32FN5O/c1-7-25(8-2)16-10-9-14(11-15(16)20)12-22-18(21-6)23-13-17(26)24-19(3,4)5/h9-11H,7-8,12-13H2,1-6H3,(H,24,26)(H2,21,22,23). The van der Waals surface area contributed by atoms with E-state index in [1.807, 2.05) is 45.6 Å². The number of hydrogen-bond donors (Lipinski definition) is 3. The zero-order valence-electron chi connectivity index (χ0n) is 16.7. The van der Waals surface area contributed by atoms with Gasteiger partial charge in [0.05, 0.1) is 12.2 Å². The van der Waals surface area contributed by atoms with E-state index >= 15 is 0 Å². The van der Waals surface area contributed by atoms with Crippen LogP contribution in [0.1, 0.15) is 40.2 Å². The molecule has 1 rings (SSSR count). The number of nitrogens with one attached hydrogen (secondary N) is 3. The number of benzene rings is 1. The van der Waals surface area contributed by atoms with Crippen molar-refractivity contribution in [3.05, 3.63) is 29.6 Å². The first kappa shape index (κ1) is 21.7. The van der Waals surface area contributed by atoms with E-state index in [4.69, 9.17) is 0 Å². The highest BCUT2D eigenvalue weighted by Gasteiger charge is 2.14. The van der Waals surface area contributed by atoms with Gasteiger partial charge < -0.3 is 20.9 Å². The molecular formula is C19H32FN5O.